The average Bonchev–Trinajstić information content (AvgIpc) is 2.37. The van der Waals surface area contributed by atoms with E-state index in [0.29, 0.717) is 18.1 Å². The van der Waals surface area contributed by atoms with Crippen LogP contribution in [0.15, 0.2) is 24.3 Å². The van der Waals surface area contributed by atoms with E-state index in [1.54, 1.807) is 7.11 Å². The Morgan fingerprint density at radius 3 is 2.40 bits per heavy atom. The molecule has 2 N–H and O–H groups in total. The van der Waals surface area contributed by atoms with Gasteiger partial charge in [-0.3, -0.25) is 4.79 Å². The molecule has 112 valence electrons. The van der Waals surface area contributed by atoms with Crippen molar-refractivity contribution < 1.29 is 9.53 Å². The highest BCUT2D eigenvalue weighted by atomic mass is 16.5. The predicted octanol–water partition coefficient (Wildman–Crippen LogP) is 2.91. The van der Waals surface area contributed by atoms with E-state index in [1.165, 1.54) is 0 Å². The van der Waals surface area contributed by atoms with Crippen molar-refractivity contribution in [3.05, 3.63) is 29.8 Å². The van der Waals surface area contributed by atoms with Crippen molar-refractivity contribution in [3.8, 4) is 0 Å². The van der Waals surface area contributed by atoms with E-state index in [4.69, 9.17) is 4.74 Å². The molecule has 1 aromatic carbocycles. The highest BCUT2D eigenvalue weighted by Crippen LogP contribution is 2.16. The van der Waals surface area contributed by atoms with Crippen LogP contribution in [0.4, 0.5) is 5.69 Å². The van der Waals surface area contributed by atoms with Crippen LogP contribution < -0.4 is 10.6 Å². The zero-order chi connectivity index (χ0) is 15.1. The first kappa shape index (κ1) is 16.5. The molecular weight excluding hydrogens is 252 g/mol. The van der Waals surface area contributed by atoms with Crippen LogP contribution in [0.25, 0.3) is 0 Å². The Labute approximate surface area is 121 Å². The first-order chi connectivity index (χ1) is 9.45. The third-order valence-electron chi connectivity index (χ3n) is 3.08. The van der Waals surface area contributed by atoms with Crippen molar-refractivity contribution in [1.29, 1.82) is 0 Å². The van der Waals surface area contributed by atoms with Crippen LogP contribution in [0.2, 0.25) is 0 Å². The minimum absolute atomic E-state index is 0.0135. The standard InChI is InChI=1S/C16H26N2O2/c1-11(2)15(10-20-5)18-16(19)13-8-6-7-9-14(13)17-12(3)4/h6-9,11-12,15,17H,10H2,1-5H3,(H,18,19). The van der Waals surface area contributed by atoms with Gasteiger partial charge in [0, 0.05) is 18.8 Å². The molecule has 0 bridgehead atoms. The molecule has 0 aliphatic carbocycles. The molecule has 20 heavy (non-hydrogen) atoms. The van der Waals surface area contributed by atoms with Crippen LogP contribution in [-0.4, -0.2) is 31.7 Å². The maximum absolute atomic E-state index is 12.4. The molecule has 0 spiro atoms. The summed E-state index contributed by atoms with van der Waals surface area (Å²) in [6.07, 6.45) is 0. The number of hydrogen-bond donors (Lipinski definition) is 2. The molecule has 0 radical (unpaired) electrons. The summed E-state index contributed by atoms with van der Waals surface area (Å²) in [6, 6.07) is 7.86. The molecule has 0 aliphatic rings. The molecule has 1 atom stereocenters. The fraction of sp³-hybridized carbons (Fsp3) is 0.562. The zero-order valence-electron chi connectivity index (χ0n) is 13.1. The summed E-state index contributed by atoms with van der Waals surface area (Å²) in [5.41, 5.74) is 1.53. The van der Waals surface area contributed by atoms with Crippen molar-refractivity contribution in [2.75, 3.05) is 19.0 Å². The average molecular weight is 278 g/mol. The van der Waals surface area contributed by atoms with E-state index in [9.17, 15) is 4.79 Å². The van der Waals surface area contributed by atoms with E-state index < -0.39 is 0 Å². The van der Waals surface area contributed by atoms with Crippen molar-refractivity contribution in [1.82, 2.24) is 5.32 Å². The highest BCUT2D eigenvalue weighted by Gasteiger charge is 2.18. The second kappa shape index (κ2) is 7.90. The number of carbonyl (C=O) groups excluding carboxylic acids is 1. The van der Waals surface area contributed by atoms with Gasteiger partial charge in [-0.25, -0.2) is 0 Å². The van der Waals surface area contributed by atoms with Crippen molar-refractivity contribution >= 4 is 11.6 Å². The number of carbonyl (C=O) groups is 1. The molecule has 0 heterocycles. The maximum atomic E-state index is 12.4. The maximum Gasteiger partial charge on any atom is 0.253 e. The Morgan fingerprint density at radius 1 is 1.20 bits per heavy atom. The van der Waals surface area contributed by atoms with Crippen molar-refractivity contribution in [2.45, 2.75) is 39.8 Å². The normalized spacial score (nSPS) is 12.6. The Kier molecular flexibility index (Phi) is 6.52. The summed E-state index contributed by atoms with van der Waals surface area (Å²) in [7, 11) is 1.65. The first-order valence-corrected chi connectivity index (χ1v) is 7.11. The highest BCUT2D eigenvalue weighted by molar-refractivity contribution is 5.99. The molecule has 1 aromatic rings. The second-order valence-electron chi connectivity index (χ2n) is 5.62. The number of hydrogen-bond acceptors (Lipinski definition) is 3. The summed E-state index contributed by atoms with van der Waals surface area (Å²) < 4.78 is 5.17. The topological polar surface area (TPSA) is 50.4 Å². The Morgan fingerprint density at radius 2 is 1.85 bits per heavy atom. The van der Waals surface area contributed by atoms with Gasteiger partial charge in [0.05, 0.1) is 18.2 Å². The van der Waals surface area contributed by atoms with Gasteiger partial charge in [0.1, 0.15) is 0 Å². The van der Waals surface area contributed by atoms with Gasteiger partial charge in [0.15, 0.2) is 0 Å². The van der Waals surface area contributed by atoms with E-state index in [-0.39, 0.29) is 18.0 Å². The number of methoxy groups -OCH3 is 1. The van der Waals surface area contributed by atoms with Crippen molar-refractivity contribution in [3.63, 3.8) is 0 Å². The fourth-order valence-electron chi connectivity index (χ4n) is 1.94. The lowest BCUT2D eigenvalue weighted by Crippen LogP contribution is -2.41. The van der Waals surface area contributed by atoms with Gasteiger partial charge in [-0.05, 0) is 31.9 Å². The predicted molar refractivity (Wildman–Crippen MR) is 83.2 cm³/mol. The molecule has 4 nitrogen and oxygen atoms in total. The van der Waals surface area contributed by atoms with E-state index in [0.717, 1.165) is 5.69 Å². The summed E-state index contributed by atoms with van der Waals surface area (Å²) in [6.45, 7) is 8.76. The van der Waals surface area contributed by atoms with Gasteiger partial charge >= 0.3 is 0 Å². The molecule has 1 amide bonds. The SMILES string of the molecule is COCC(NC(=O)c1ccccc1NC(C)C)C(C)C. The van der Waals surface area contributed by atoms with Crippen LogP contribution >= 0.6 is 0 Å². The largest absolute Gasteiger partial charge is 0.383 e. The summed E-state index contributed by atoms with van der Waals surface area (Å²) in [5.74, 6) is 0.258. The van der Waals surface area contributed by atoms with Crippen LogP contribution in [0.1, 0.15) is 38.1 Å². The van der Waals surface area contributed by atoms with Gasteiger partial charge in [-0.1, -0.05) is 26.0 Å². The molecule has 1 unspecified atom stereocenters. The zero-order valence-corrected chi connectivity index (χ0v) is 13.1. The van der Waals surface area contributed by atoms with E-state index in [1.807, 2.05) is 24.3 Å². The van der Waals surface area contributed by atoms with Crippen LogP contribution in [0.3, 0.4) is 0 Å². The molecule has 0 aliphatic heterocycles. The molecular formula is C16H26N2O2. The van der Waals surface area contributed by atoms with E-state index in [2.05, 4.69) is 38.3 Å². The molecule has 0 saturated carbocycles. The lowest BCUT2D eigenvalue weighted by atomic mass is 10.0. The number of benzene rings is 1. The monoisotopic (exact) mass is 278 g/mol. The minimum atomic E-state index is -0.0653. The molecule has 0 aromatic heterocycles. The minimum Gasteiger partial charge on any atom is -0.383 e. The lowest BCUT2D eigenvalue weighted by molar-refractivity contribution is 0.0867. The van der Waals surface area contributed by atoms with Crippen LogP contribution in [-0.2, 0) is 4.74 Å². The lowest BCUT2D eigenvalue weighted by Gasteiger charge is -2.22. The third-order valence-corrected chi connectivity index (χ3v) is 3.08. The van der Waals surface area contributed by atoms with Crippen molar-refractivity contribution in [2.24, 2.45) is 5.92 Å². The summed E-state index contributed by atoms with van der Waals surface area (Å²) in [4.78, 5) is 12.4. The third kappa shape index (κ3) is 4.85. The molecule has 4 heteroatoms. The number of para-hydroxylation sites is 1. The second-order valence-corrected chi connectivity index (χ2v) is 5.62. The smallest absolute Gasteiger partial charge is 0.253 e. The number of ether oxygens (including phenoxy) is 1. The number of amides is 1. The van der Waals surface area contributed by atoms with Crippen LogP contribution in [0, 0.1) is 5.92 Å². The summed E-state index contributed by atoms with van der Waals surface area (Å²) >= 11 is 0. The Bertz CT molecular complexity index is 430. The van der Waals surface area contributed by atoms with Gasteiger partial charge < -0.3 is 15.4 Å². The Hall–Kier alpha value is -1.55. The Balaban J connectivity index is 2.85. The molecule has 1 rings (SSSR count). The first-order valence-electron chi connectivity index (χ1n) is 7.11. The van der Waals surface area contributed by atoms with Gasteiger partial charge in [0.2, 0.25) is 0 Å². The summed E-state index contributed by atoms with van der Waals surface area (Å²) in [5, 5.41) is 6.34. The van der Waals surface area contributed by atoms with Gasteiger partial charge in [-0.15, -0.1) is 0 Å². The van der Waals surface area contributed by atoms with Gasteiger partial charge in [-0.2, -0.15) is 0 Å². The molecule has 0 saturated heterocycles. The van der Waals surface area contributed by atoms with E-state index >= 15 is 0 Å². The number of nitrogens with one attached hydrogen (secondary N) is 2. The quantitative estimate of drug-likeness (QED) is 0.806. The van der Waals surface area contributed by atoms with Gasteiger partial charge in [0.25, 0.3) is 5.91 Å². The molecule has 0 fully saturated rings. The number of anilines is 1. The van der Waals surface area contributed by atoms with Crippen LogP contribution in [0.5, 0.6) is 0 Å². The number of rotatable bonds is 7. The fourth-order valence-corrected chi connectivity index (χ4v) is 1.94.